The second kappa shape index (κ2) is 8.23. The number of piperidine rings is 2. The summed E-state index contributed by atoms with van der Waals surface area (Å²) in [6, 6.07) is 0.687. The van der Waals surface area contributed by atoms with Crippen LogP contribution < -0.4 is 5.32 Å². The van der Waals surface area contributed by atoms with Crippen LogP contribution in [0.15, 0.2) is 0 Å². The third kappa shape index (κ3) is 5.41. The molecule has 2 saturated heterocycles. The molecule has 3 nitrogen and oxygen atoms in total. The summed E-state index contributed by atoms with van der Waals surface area (Å²) in [4.78, 5) is 5.37. The zero-order chi connectivity index (χ0) is 13.5. The average molecular weight is 267 g/mol. The molecule has 112 valence electrons. The average Bonchev–Trinajstić information content (AvgIpc) is 2.45. The smallest absolute Gasteiger partial charge is 0.0112 e. The SMILES string of the molecule is CC(C)N(CCN1CCCCC1)CC1CCCNC1. The lowest BCUT2D eigenvalue weighted by Gasteiger charge is -2.35. The summed E-state index contributed by atoms with van der Waals surface area (Å²) in [7, 11) is 0. The van der Waals surface area contributed by atoms with Gasteiger partial charge in [-0.05, 0) is 71.6 Å². The monoisotopic (exact) mass is 267 g/mol. The highest BCUT2D eigenvalue weighted by Gasteiger charge is 2.19. The lowest BCUT2D eigenvalue weighted by Crippen LogP contribution is -2.45. The van der Waals surface area contributed by atoms with Crippen molar-refractivity contribution in [3.8, 4) is 0 Å². The van der Waals surface area contributed by atoms with Gasteiger partial charge < -0.3 is 10.2 Å². The van der Waals surface area contributed by atoms with Crippen molar-refractivity contribution in [2.45, 2.75) is 52.0 Å². The molecule has 0 spiro atoms. The van der Waals surface area contributed by atoms with Crippen molar-refractivity contribution in [3.63, 3.8) is 0 Å². The second-order valence-electron chi connectivity index (χ2n) is 6.70. The largest absolute Gasteiger partial charge is 0.316 e. The Hall–Kier alpha value is -0.120. The highest BCUT2D eigenvalue weighted by atomic mass is 15.2. The van der Waals surface area contributed by atoms with E-state index in [0.717, 1.165) is 5.92 Å². The molecular weight excluding hydrogens is 234 g/mol. The molecule has 0 aromatic carbocycles. The van der Waals surface area contributed by atoms with Crippen LogP contribution in [0.25, 0.3) is 0 Å². The molecule has 1 atom stereocenters. The number of likely N-dealkylation sites (tertiary alicyclic amines) is 1. The number of rotatable bonds is 6. The quantitative estimate of drug-likeness (QED) is 0.796. The lowest BCUT2D eigenvalue weighted by atomic mass is 9.98. The van der Waals surface area contributed by atoms with Gasteiger partial charge in [0, 0.05) is 25.7 Å². The molecule has 2 heterocycles. The predicted molar refractivity (Wildman–Crippen MR) is 82.6 cm³/mol. The van der Waals surface area contributed by atoms with Crippen molar-refractivity contribution in [1.29, 1.82) is 0 Å². The first-order valence-corrected chi connectivity index (χ1v) is 8.43. The van der Waals surface area contributed by atoms with Crippen LogP contribution >= 0.6 is 0 Å². The van der Waals surface area contributed by atoms with Crippen LogP contribution in [0.1, 0.15) is 46.0 Å². The third-order valence-corrected chi connectivity index (χ3v) is 4.77. The summed E-state index contributed by atoms with van der Waals surface area (Å²) >= 11 is 0. The fourth-order valence-corrected chi connectivity index (χ4v) is 3.42. The Morgan fingerprint density at radius 3 is 2.58 bits per heavy atom. The van der Waals surface area contributed by atoms with Crippen molar-refractivity contribution >= 4 is 0 Å². The van der Waals surface area contributed by atoms with Gasteiger partial charge in [-0.2, -0.15) is 0 Å². The van der Waals surface area contributed by atoms with Crippen LogP contribution in [0, 0.1) is 5.92 Å². The van der Waals surface area contributed by atoms with Crippen LogP contribution in [0.4, 0.5) is 0 Å². The van der Waals surface area contributed by atoms with Crippen molar-refractivity contribution in [1.82, 2.24) is 15.1 Å². The minimum atomic E-state index is 0.687. The summed E-state index contributed by atoms with van der Waals surface area (Å²) in [5, 5.41) is 3.55. The van der Waals surface area contributed by atoms with Crippen molar-refractivity contribution in [2.75, 3.05) is 45.8 Å². The molecule has 0 radical (unpaired) electrons. The van der Waals surface area contributed by atoms with E-state index in [4.69, 9.17) is 0 Å². The Morgan fingerprint density at radius 1 is 1.16 bits per heavy atom. The zero-order valence-electron chi connectivity index (χ0n) is 13.0. The normalized spacial score (nSPS) is 26.2. The number of hydrogen-bond donors (Lipinski definition) is 1. The van der Waals surface area contributed by atoms with Crippen LogP contribution in [-0.2, 0) is 0 Å². The fraction of sp³-hybridized carbons (Fsp3) is 1.00. The lowest BCUT2D eigenvalue weighted by molar-refractivity contribution is 0.136. The van der Waals surface area contributed by atoms with E-state index in [1.807, 2.05) is 0 Å². The van der Waals surface area contributed by atoms with E-state index in [9.17, 15) is 0 Å². The van der Waals surface area contributed by atoms with Gasteiger partial charge in [-0.25, -0.2) is 0 Å². The van der Waals surface area contributed by atoms with Gasteiger partial charge in [-0.3, -0.25) is 4.90 Å². The highest BCUT2D eigenvalue weighted by Crippen LogP contribution is 2.14. The Morgan fingerprint density at radius 2 is 1.95 bits per heavy atom. The summed E-state index contributed by atoms with van der Waals surface area (Å²) in [6.45, 7) is 13.6. The van der Waals surface area contributed by atoms with Crippen LogP contribution in [-0.4, -0.2) is 61.7 Å². The summed E-state index contributed by atoms with van der Waals surface area (Å²) < 4.78 is 0. The molecule has 3 heteroatoms. The molecular formula is C16H33N3. The maximum absolute atomic E-state index is 3.55. The van der Waals surface area contributed by atoms with Gasteiger partial charge in [0.2, 0.25) is 0 Å². The molecule has 0 saturated carbocycles. The first-order valence-electron chi connectivity index (χ1n) is 8.43. The van der Waals surface area contributed by atoms with E-state index in [1.165, 1.54) is 77.9 Å². The molecule has 1 N–H and O–H groups in total. The maximum atomic E-state index is 3.55. The van der Waals surface area contributed by atoms with Crippen molar-refractivity contribution in [3.05, 3.63) is 0 Å². The van der Waals surface area contributed by atoms with E-state index >= 15 is 0 Å². The molecule has 2 fully saturated rings. The minimum Gasteiger partial charge on any atom is -0.316 e. The van der Waals surface area contributed by atoms with Gasteiger partial charge in [0.1, 0.15) is 0 Å². The standard InChI is InChI=1S/C16H33N3/c1-15(2)19(14-16-7-6-8-17-13-16)12-11-18-9-4-3-5-10-18/h15-17H,3-14H2,1-2H3. The van der Waals surface area contributed by atoms with E-state index in [2.05, 4.69) is 29.0 Å². The van der Waals surface area contributed by atoms with E-state index in [0.29, 0.717) is 6.04 Å². The minimum absolute atomic E-state index is 0.687. The Labute approximate surface area is 119 Å². The van der Waals surface area contributed by atoms with Gasteiger partial charge in [-0.1, -0.05) is 6.42 Å². The number of nitrogens with zero attached hydrogens (tertiary/aromatic N) is 2. The summed E-state index contributed by atoms with van der Waals surface area (Å²) in [6.07, 6.45) is 7.04. The van der Waals surface area contributed by atoms with Gasteiger partial charge in [-0.15, -0.1) is 0 Å². The molecule has 19 heavy (non-hydrogen) atoms. The second-order valence-corrected chi connectivity index (χ2v) is 6.70. The van der Waals surface area contributed by atoms with E-state index in [1.54, 1.807) is 0 Å². The van der Waals surface area contributed by atoms with Gasteiger partial charge in [0.15, 0.2) is 0 Å². The molecule has 0 aromatic heterocycles. The Balaban J connectivity index is 1.71. The summed E-state index contributed by atoms with van der Waals surface area (Å²) in [5.74, 6) is 0.873. The Bertz CT molecular complexity index is 230. The molecule has 0 bridgehead atoms. The van der Waals surface area contributed by atoms with Gasteiger partial charge in [0.25, 0.3) is 0 Å². The van der Waals surface area contributed by atoms with Crippen molar-refractivity contribution < 1.29 is 0 Å². The maximum Gasteiger partial charge on any atom is 0.0112 e. The zero-order valence-corrected chi connectivity index (χ0v) is 13.0. The topological polar surface area (TPSA) is 18.5 Å². The Kier molecular flexibility index (Phi) is 6.62. The molecule has 2 rings (SSSR count). The molecule has 0 aliphatic carbocycles. The molecule has 2 aliphatic heterocycles. The number of nitrogens with one attached hydrogen (secondary N) is 1. The summed E-state index contributed by atoms with van der Waals surface area (Å²) in [5.41, 5.74) is 0. The van der Waals surface area contributed by atoms with E-state index in [-0.39, 0.29) is 0 Å². The van der Waals surface area contributed by atoms with Gasteiger partial charge >= 0.3 is 0 Å². The van der Waals surface area contributed by atoms with Crippen LogP contribution in [0.3, 0.4) is 0 Å². The van der Waals surface area contributed by atoms with Crippen LogP contribution in [0.5, 0.6) is 0 Å². The predicted octanol–water partition coefficient (Wildman–Crippen LogP) is 2.18. The first kappa shape index (κ1) is 15.3. The number of hydrogen-bond acceptors (Lipinski definition) is 3. The van der Waals surface area contributed by atoms with Crippen LogP contribution in [0.2, 0.25) is 0 Å². The van der Waals surface area contributed by atoms with Gasteiger partial charge in [0.05, 0.1) is 0 Å². The highest BCUT2D eigenvalue weighted by molar-refractivity contribution is 4.76. The molecule has 0 amide bonds. The van der Waals surface area contributed by atoms with E-state index < -0.39 is 0 Å². The first-order chi connectivity index (χ1) is 9.25. The fourth-order valence-electron chi connectivity index (χ4n) is 3.42. The van der Waals surface area contributed by atoms with Crippen molar-refractivity contribution in [2.24, 2.45) is 5.92 Å². The third-order valence-electron chi connectivity index (χ3n) is 4.77. The molecule has 2 aliphatic rings. The molecule has 1 unspecified atom stereocenters. The molecule has 0 aromatic rings.